The van der Waals surface area contributed by atoms with E-state index in [9.17, 15) is 0 Å². The molecular weight excluding hydrogens is 262 g/mol. The molecule has 114 valence electrons. The van der Waals surface area contributed by atoms with Gasteiger partial charge in [-0.25, -0.2) is 0 Å². The summed E-state index contributed by atoms with van der Waals surface area (Å²) in [7, 11) is 6.51. The number of ether oxygens (including phenoxy) is 1. The van der Waals surface area contributed by atoms with Crippen molar-refractivity contribution in [1.29, 1.82) is 5.26 Å². The first kappa shape index (κ1) is 15.8. The summed E-state index contributed by atoms with van der Waals surface area (Å²) in [5.41, 5.74) is 0.997. The number of hydrogen-bond donors (Lipinski definition) is 0. The van der Waals surface area contributed by atoms with Gasteiger partial charge in [0.05, 0.1) is 11.6 Å². The highest BCUT2D eigenvalue weighted by Gasteiger charge is 2.39. The molecule has 0 aliphatic heterocycles. The summed E-state index contributed by atoms with van der Waals surface area (Å²) in [6.45, 7) is 2.63. The van der Waals surface area contributed by atoms with E-state index in [1.807, 2.05) is 12.1 Å². The van der Waals surface area contributed by atoms with Gasteiger partial charge in [-0.3, -0.25) is 0 Å². The lowest BCUT2D eigenvalue weighted by atomic mass is 9.75. The molecule has 2 rings (SSSR count). The largest absolute Gasteiger partial charge is 0.492 e. The van der Waals surface area contributed by atoms with Gasteiger partial charge in [-0.1, -0.05) is 6.07 Å². The Hall–Kier alpha value is -1.57. The van der Waals surface area contributed by atoms with E-state index in [4.69, 9.17) is 10.00 Å². The van der Waals surface area contributed by atoms with Crippen molar-refractivity contribution in [2.45, 2.75) is 24.8 Å². The minimum atomic E-state index is 0.357. The topological polar surface area (TPSA) is 39.5 Å². The first-order chi connectivity index (χ1) is 10.1. The Balaban J connectivity index is 1.76. The fourth-order valence-electron chi connectivity index (χ4n) is 2.89. The molecule has 4 nitrogen and oxygen atoms in total. The van der Waals surface area contributed by atoms with Crippen LogP contribution in [0.15, 0.2) is 24.3 Å². The van der Waals surface area contributed by atoms with Crippen molar-refractivity contribution >= 4 is 0 Å². The van der Waals surface area contributed by atoms with Crippen LogP contribution in [0.2, 0.25) is 0 Å². The Morgan fingerprint density at radius 1 is 1.29 bits per heavy atom. The van der Waals surface area contributed by atoms with Gasteiger partial charge < -0.3 is 14.5 Å². The Kier molecular flexibility index (Phi) is 5.22. The summed E-state index contributed by atoms with van der Waals surface area (Å²) < 4.78 is 5.74. The van der Waals surface area contributed by atoms with Crippen LogP contribution in [0.5, 0.6) is 5.75 Å². The fraction of sp³-hybridized carbons (Fsp3) is 0.588. The lowest BCUT2D eigenvalue weighted by Gasteiger charge is -2.49. The summed E-state index contributed by atoms with van der Waals surface area (Å²) >= 11 is 0. The molecule has 0 saturated heterocycles. The van der Waals surface area contributed by atoms with Crippen LogP contribution in [0.3, 0.4) is 0 Å². The molecule has 21 heavy (non-hydrogen) atoms. The van der Waals surface area contributed by atoms with Crippen molar-refractivity contribution in [3.05, 3.63) is 29.8 Å². The molecule has 1 aromatic carbocycles. The first-order valence-corrected chi connectivity index (χ1v) is 7.55. The molecule has 4 heteroatoms. The lowest BCUT2D eigenvalue weighted by Crippen LogP contribution is -2.57. The molecule has 0 amide bonds. The van der Waals surface area contributed by atoms with Gasteiger partial charge in [0.25, 0.3) is 0 Å². The van der Waals surface area contributed by atoms with E-state index in [1.165, 1.54) is 19.3 Å². The quantitative estimate of drug-likeness (QED) is 0.772. The van der Waals surface area contributed by atoms with E-state index in [-0.39, 0.29) is 0 Å². The van der Waals surface area contributed by atoms with Gasteiger partial charge in [0.1, 0.15) is 12.4 Å². The zero-order valence-corrected chi connectivity index (χ0v) is 13.3. The summed E-state index contributed by atoms with van der Waals surface area (Å²) in [5, 5.41) is 8.87. The SMILES string of the molecule is CN(CCOc1cccc(C#N)c1)CC1(N(C)C)CCC1. The molecule has 0 unspecified atom stereocenters. The van der Waals surface area contributed by atoms with Crippen LogP contribution in [0.4, 0.5) is 0 Å². The number of nitrogens with zero attached hydrogens (tertiary/aromatic N) is 3. The zero-order chi connectivity index (χ0) is 15.3. The van der Waals surface area contributed by atoms with Gasteiger partial charge >= 0.3 is 0 Å². The van der Waals surface area contributed by atoms with Gasteiger partial charge in [0.2, 0.25) is 0 Å². The minimum absolute atomic E-state index is 0.357. The standard InChI is InChI=1S/C17H25N3O/c1-19(2)17(8-5-9-17)14-20(3)10-11-21-16-7-4-6-15(12-16)13-18/h4,6-7,12H,5,8-11,14H2,1-3H3. The Bertz CT molecular complexity index is 503. The number of likely N-dealkylation sites (N-methyl/N-ethyl adjacent to an activating group) is 2. The van der Waals surface area contributed by atoms with Crippen molar-refractivity contribution in [3.63, 3.8) is 0 Å². The molecule has 1 aliphatic carbocycles. The van der Waals surface area contributed by atoms with E-state index in [2.05, 4.69) is 37.0 Å². The molecule has 0 spiro atoms. The predicted molar refractivity (Wildman–Crippen MR) is 84.4 cm³/mol. The Morgan fingerprint density at radius 3 is 2.62 bits per heavy atom. The molecule has 0 radical (unpaired) electrons. The fourth-order valence-corrected chi connectivity index (χ4v) is 2.89. The average Bonchev–Trinajstić information content (AvgIpc) is 2.42. The van der Waals surface area contributed by atoms with Gasteiger partial charge in [0.15, 0.2) is 0 Å². The third-order valence-corrected chi connectivity index (χ3v) is 4.50. The molecule has 1 fully saturated rings. The third kappa shape index (κ3) is 3.96. The second-order valence-electron chi connectivity index (χ2n) is 6.20. The van der Waals surface area contributed by atoms with Crippen molar-refractivity contribution in [1.82, 2.24) is 9.80 Å². The monoisotopic (exact) mass is 287 g/mol. The molecule has 0 aromatic heterocycles. The van der Waals surface area contributed by atoms with Gasteiger partial charge in [0, 0.05) is 18.6 Å². The molecule has 1 aromatic rings. The van der Waals surface area contributed by atoms with Crippen LogP contribution >= 0.6 is 0 Å². The smallest absolute Gasteiger partial charge is 0.120 e. The average molecular weight is 287 g/mol. The molecule has 0 N–H and O–H groups in total. The summed E-state index contributed by atoms with van der Waals surface area (Å²) in [4.78, 5) is 4.71. The van der Waals surface area contributed by atoms with E-state index in [1.54, 1.807) is 12.1 Å². The van der Waals surface area contributed by atoms with Crippen LogP contribution in [0, 0.1) is 11.3 Å². The first-order valence-electron chi connectivity index (χ1n) is 7.55. The summed E-state index contributed by atoms with van der Waals surface area (Å²) in [6.07, 6.45) is 3.91. The highest BCUT2D eigenvalue weighted by atomic mass is 16.5. The number of rotatable bonds is 7. The number of hydrogen-bond acceptors (Lipinski definition) is 4. The van der Waals surface area contributed by atoms with Crippen LogP contribution in [0.25, 0.3) is 0 Å². The van der Waals surface area contributed by atoms with Crippen molar-refractivity contribution < 1.29 is 4.74 Å². The van der Waals surface area contributed by atoms with Crippen molar-refractivity contribution in [2.24, 2.45) is 0 Å². The van der Waals surface area contributed by atoms with Crippen LogP contribution < -0.4 is 4.74 Å². The molecule has 0 heterocycles. The second kappa shape index (κ2) is 6.93. The predicted octanol–water partition coefficient (Wildman–Crippen LogP) is 2.35. The van der Waals surface area contributed by atoms with Crippen molar-refractivity contribution in [2.75, 3.05) is 40.8 Å². The normalized spacial score (nSPS) is 16.6. The second-order valence-corrected chi connectivity index (χ2v) is 6.20. The lowest BCUT2D eigenvalue weighted by molar-refractivity contribution is 0.0250. The van der Waals surface area contributed by atoms with Gasteiger partial charge in [-0.05, 0) is 58.6 Å². The highest BCUT2D eigenvalue weighted by Crippen LogP contribution is 2.36. The third-order valence-electron chi connectivity index (χ3n) is 4.50. The Morgan fingerprint density at radius 2 is 2.05 bits per heavy atom. The summed E-state index contributed by atoms with van der Waals surface area (Å²) in [6, 6.07) is 9.45. The molecule has 1 aliphatic rings. The minimum Gasteiger partial charge on any atom is -0.492 e. The van der Waals surface area contributed by atoms with E-state index < -0.39 is 0 Å². The van der Waals surface area contributed by atoms with Crippen molar-refractivity contribution in [3.8, 4) is 11.8 Å². The molecule has 0 bridgehead atoms. The maximum absolute atomic E-state index is 8.87. The van der Waals surface area contributed by atoms with Crippen LogP contribution in [-0.2, 0) is 0 Å². The molecule has 0 atom stereocenters. The van der Waals surface area contributed by atoms with E-state index >= 15 is 0 Å². The molecule has 1 saturated carbocycles. The van der Waals surface area contributed by atoms with Crippen LogP contribution in [0.1, 0.15) is 24.8 Å². The number of benzene rings is 1. The highest BCUT2D eigenvalue weighted by molar-refractivity contribution is 5.36. The maximum atomic E-state index is 8.87. The Labute approximate surface area is 127 Å². The summed E-state index contributed by atoms with van der Waals surface area (Å²) in [5.74, 6) is 0.772. The van der Waals surface area contributed by atoms with E-state index in [0.717, 1.165) is 18.8 Å². The zero-order valence-electron chi connectivity index (χ0n) is 13.3. The number of nitriles is 1. The van der Waals surface area contributed by atoms with Crippen LogP contribution in [-0.4, -0.2) is 56.2 Å². The van der Waals surface area contributed by atoms with Gasteiger partial charge in [-0.15, -0.1) is 0 Å². The van der Waals surface area contributed by atoms with E-state index in [0.29, 0.717) is 17.7 Å². The maximum Gasteiger partial charge on any atom is 0.120 e. The van der Waals surface area contributed by atoms with Gasteiger partial charge in [-0.2, -0.15) is 5.26 Å². The molecular formula is C17H25N3O.